The second kappa shape index (κ2) is 10.9. The number of guanidine groups is 1. The molecular formula is C20H34IN5O. The number of piperidine rings is 1. The molecule has 0 bridgehead atoms. The number of hydrogen-bond donors (Lipinski definition) is 1. The molecule has 0 saturated carbocycles. The molecule has 0 spiro atoms. The Balaban J connectivity index is 0.00000261. The van der Waals surface area contributed by atoms with Gasteiger partial charge in [0.15, 0.2) is 5.96 Å². The third-order valence-electron chi connectivity index (χ3n) is 5.60. The van der Waals surface area contributed by atoms with E-state index in [1.807, 2.05) is 19.2 Å². The monoisotopic (exact) mass is 487 g/mol. The first-order chi connectivity index (χ1) is 12.7. The van der Waals surface area contributed by atoms with E-state index in [-0.39, 0.29) is 24.0 Å². The number of piperazine rings is 1. The van der Waals surface area contributed by atoms with E-state index >= 15 is 0 Å². The first-order valence-electron chi connectivity index (χ1n) is 9.73. The van der Waals surface area contributed by atoms with Gasteiger partial charge in [-0.05, 0) is 51.0 Å². The Morgan fingerprint density at radius 3 is 2.41 bits per heavy atom. The number of likely N-dealkylation sites (tertiary alicyclic amines) is 1. The van der Waals surface area contributed by atoms with Gasteiger partial charge in [0.25, 0.3) is 0 Å². The number of nitrogens with one attached hydrogen (secondary N) is 1. The molecule has 2 heterocycles. The highest BCUT2D eigenvalue weighted by Gasteiger charge is 2.23. The zero-order chi connectivity index (χ0) is 18.4. The second-order valence-corrected chi connectivity index (χ2v) is 7.32. The number of benzene rings is 1. The molecule has 0 atom stereocenters. The van der Waals surface area contributed by atoms with Crippen molar-refractivity contribution in [3.63, 3.8) is 0 Å². The van der Waals surface area contributed by atoms with Crippen LogP contribution in [0.5, 0.6) is 5.75 Å². The Hall–Kier alpha value is -1.22. The average molecular weight is 487 g/mol. The maximum absolute atomic E-state index is 5.51. The number of hydrogen-bond acceptors (Lipinski definition) is 4. The summed E-state index contributed by atoms with van der Waals surface area (Å²) in [6.07, 6.45) is 2.56. The Morgan fingerprint density at radius 1 is 1.11 bits per heavy atom. The highest BCUT2D eigenvalue weighted by molar-refractivity contribution is 14.0. The summed E-state index contributed by atoms with van der Waals surface area (Å²) in [7, 11) is 5.84. The minimum atomic E-state index is 0. The molecule has 2 saturated heterocycles. The van der Waals surface area contributed by atoms with Gasteiger partial charge in [0, 0.05) is 39.8 Å². The summed E-state index contributed by atoms with van der Waals surface area (Å²) in [5, 5.41) is 3.62. The van der Waals surface area contributed by atoms with E-state index in [1.165, 1.54) is 31.6 Å². The molecule has 152 valence electrons. The standard InChI is InChI=1S/C20H33N5O.HI/c1-21-20(22-16-17-8-10-23(2)11-9-17)25-14-12-24(13-15-25)18-6-4-5-7-19(18)26-3;/h4-7,17H,8-16H2,1-3H3,(H,21,22);1H. The lowest BCUT2D eigenvalue weighted by molar-refractivity contribution is 0.219. The van der Waals surface area contributed by atoms with Crippen LogP contribution in [0.1, 0.15) is 12.8 Å². The van der Waals surface area contributed by atoms with E-state index in [4.69, 9.17) is 4.74 Å². The van der Waals surface area contributed by atoms with Crippen molar-refractivity contribution in [3.8, 4) is 5.75 Å². The molecule has 2 aliphatic heterocycles. The van der Waals surface area contributed by atoms with Crippen molar-refractivity contribution in [1.29, 1.82) is 0 Å². The first kappa shape index (κ1) is 22.1. The van der Waals surface area contributed by atoms with Gasteiger partial charge in [0.2, 0.25) is 0 Å². The molecule has 0 aromatic heterocycles. The topological polar surface area (TPSA) is 43.3 Å². The SMILES string of the molecule is CN=C(NCC1CCN(C)CC1)N1CCN(c2ccccc2OC)CC1.I. The zero-order valence-corrected chi connectivity index (χ0v) is 19.2. The number of rotatable bonds is 4. The molecule has 7 heteroatoms. The van der Waals surface area contributed by atoms with Crippen LogP contribution in [0.2, 0.25) is 0 Å². The van der Waals surface area contributed by atoms with E-state index < -0.39 is 0 Å². The summed E-state index contributed by atoms with van der Waals surface area (Å²) >= 11 is 0. The molecule has 1 aromatic rings. The molecule has 1 N–H and O–H groups in total. The van der Waals surface area contributed by atoms with Crippen molar-refractivity contribution < 1.29 is 4.74 Å². The van der Waals surface area contributed by atoms with Crippen molar-refractivity contribution in [2.75, 3.05) is 71.9 Å². The van der Waals surface area contributed by atoms with Crippen LogP contribution in [-0.4, -0.2) is 82.8 Å². The summed E-state index contributed by atoms with van der Waals surface area (Å²) in [5.74, 6) is 2.76. The molecule has 27 heavy (non-hydrogen) atoms. The van der Waals surface area contributed by atoms with Crippen LogP contribution in [0.4, 0.5) is 5.69 Å². The van der Waals surface area contributed by atoms with Gasteiger partial charge in [-0.3, -0.25) is 4.99 Å². The number of nitrogens with zero attached hydrogens (tertiary/aromatic N) is 4. The molecule has 0 radical (unpaired) electrons. The maximum Gasteiger partial charge on any atom is 0.193 e. The number of anilines is 1. The third-order valence-corrected chi connectivity index (χ3v) is 5.60. The molecule has 2 aliphatic rings. The number of para-hydroxylation sites is 2. The fourth-order valence-corrected chi connectivity index (χ4v) is 3.88. The summed E-state index contributed by atoms with van der Waals surface area (Å²) in [4.78, 5) is 11.7. The minimum Gasteiger partial charge on any atom is -0.495 e. The fourth-order valence-electron chi connectivity index (χ4n) is 3.88. The molecular weight excluding hydrogens is 453 g/mol. The highest BCUT2D eigenvalue weighted by Crippen LogP contribution is 2.28. The van der Waals surface area contributed by atoms with Gasteiger partial charge in [0.1, 0.15) is 5.75 Å². The van der Waals surface area contributed by atoms with Gasteiger partial charge in [-0.15, -0.1) is 24.0 Å². The van der Waals surface area contributed by atoms with E-state index in [1.54, 1.807) is 7.11 Å². The van der Waals surface area contributed by atoms with Crippen LogP contribution in [-0.2, 0) is 0 Å². The van der Waals surface area contributed by atoms with Crippen LogP contribution in [0, 0.1) is 5.92 Å². The second-order valence-electron chi connectivity index (χ2n) is 7.32. The van der Waals surface area contributed by atoms with Gasteiger partial charge in [-0.25, -0.2) is 0 Å². The predicted octanol–water partition coefficient (Wildman–Crippen LogP) is 2.35. The van der Waals surface area contributed by atoms with Crippen LogP contribution in [0.25, 0.3) is 0 Å². The maximum atomic E-state index is 5.51. The van der Waals surface area contributed by atoms with Crippen LogP contribution < -0.4 is 15.0 Å². The Labute approximate surface area is 181 Å². The van der Waals surface area contributed by atoms with Gasteiger partial charge >= 0.3 is 0 Å². The largest absolute Gasteiger partial charge is 0.495 e. The number of halogens is 1. The van der Waals surface area contributed by atoms with Crippen LogP contribution >= 0.6 is 24.0 Å². The van der Waals surface area contributed by atoms with E-state index in [0.717, 1.165) is 50.4 Å². The summed E-state index contributed by atoms with van der Waals surface area (Å²) in [5.41, 5.74) is 1.18. The first-order valence-corrected chi connectivity index (χ1v) is 9.73. The zero-order valence-electron chi connectivity index (χ0n) is 16.9. The van der Waals surface area contributed by atoms with Crippen molar-refractivity contribution >= 4 is 35.6 Å². The molecule has 0 unspecified atom stereocenters. The Morgan fingerprint density at radius 2 is 1.78 bits per heavy atom. The lowest BCUT2D eigenvalue weighted by atomic mass is 9.97. The van der Waals surface area contributed by atoms with Crippen molar-refractivity contribution in [2.45, 2.75) is 12.8 Å². The van der Waals surface area contributed by atoms with E-state index in [0.29, 0.717) is 0 Å². The van der Waals surface area contributed by atoms with Gasteiger partial charge < -0.3 is 24.8 Å². The molecule has 0 amide bonds. The molecule has 2 fully saturated rings. The van der Waals surface area contributed by atoms with Crippen molar-refractivity contribution in [3.05, 3.63) is 24.3 Å². The van der Waals surface area contributed by atoms with Crippen molar-refractivity contribution in [1.82, 2.24) is 15.1 Å². The van der Waals surface area contributed by atoms with Crippen molar-refractivity contribution in [2.24, 2.45) is 10.9 Å². The fraction of sp³-hybridized carbons (Fsp3) is 0.650. The van der Waals surface area contributed by atoms with E-state index in [9.17, 15) is 0 Å². The summed E-state index contributed by atoms with van der Waals surface area (Å²) < 4.78 is 5.51. The molecule has 1 aromatic carbocycles. The lowest BCUT2D eigenvalue weighted by Crippen LogP contribution is -2.53. The van der Waals surface area contributed by atoms with Gasteiger partial charge in [-0.1, -0.05) is 12.1 Å². The summed E-state index contributed by atoms with van der Waals surface area (Å²) in [6.45, 7) is 7.37. The normalized spacial score (nSPS) is 19.6. The van der Waals surface area contributed by atoms with Crippen LogP contribution in [0.3, 0.4) is 0 Å². The molecule has 0 aliphatic carbocycles. The number of ether oxygens (including phenoxy) is 1. The quantitative estimate of drug-likeness (QED) is 0.402. The van der Waals surface area contributed by atoms with Gasteiger partial charge in [0.05, 0.1) is 12.8 Å². The Kier molecular flexibility index (Phi) is 8.95. The predicted molar refractivity (Wildman–Crippen MR) is 124 cm³/mol. The number of aliphatic imine (C=N–C) groups is 1. The van der Waals surface area contributed by atoms with Gasteiger partial charge in [-0.2, -0.15) is 0 Å². The smallest absolute Gasteiger partial charge is 0.193 e. The van der Waals surface area contributed by atoms with Crippen LogP contribution in [0.15, 0.2) is 29.3 Å². The molecule has 6 nitrogen and oxygen atoms in total. The lowest BCUT2D eigenvalue weighted by Gasteiger charge is -2.38. The molecule has 3 rings (SSSR count). The number of methoxy groups -OCH3 is 1. The minimum absolute atomic E-state index is 0. The third kappa shape index (κ3) is 5.88. The Bertz CT molecular complexity index is 596. The average Bonchev–Trinajstić information content (AvgIpc) is 2.70. The van der Waals surface area contributed by atoms with E-state index in [2.05, 4.69) is 44.2 Å². The summed E-state index contributed by atoms with van der Waals surface area (Å²) in [6, 6.07) is 8.27. The highest BCUT2D eigenvalue weighted by atomic mass is 127.